The van der Waals surface area contributed by atoms with Gasteiger partial charge in [0, 0.05) is 4.91 Å². The Bertz CT molecular complexity index is 239. The average Bonchev–Trinajstić information content (AvgIpc) is 2.15. The molecule has 0 aromatic rings. The Morgan fingerprint density at radius 1 is 1.46 bits per heavy atom. The molecule has 5 nitrogen and oxygen atoms in total. The van der Waals surface area contributed by atoms with E-state index in [0.717, 1.165) is 32.1 Å². The molecule has 0 atom stereocenters. The lowest BCUT2D eigenvalue weighted by molar-refractivity contribution is -0.123. The molecule has 72 valence electrons. The van der Waals surface area contributed by atoms with Crippen LogP contribution < -0.4 is 5.73 Å². The third-order valence-corrected chi connectivity index (χ3v) is 2.58. The van der Waals surface area contributed by atoms with Gasteiger partial charge in [0.05, 0.1) is 12.1 Å². The fourth-order valence-corrected chi connectivity index (χ4v) is 1.71. The van der Waals surface area contributed by atoms with Crippen molar-refractivity contribution in [2.75, 3.05) is 6.54 Å². The van der Waals surface area contributed by atoms with Gasteiger partial charge >= 0.3 is 0 Å². The summed E-state index contributed by atoms with van der Waals surface area (Å²) in [6, 6.07) is 0. The van der Waals surface area contributed by atoms with Gasteiger partial charge in [-0.05, 0) is 18.4 Å². The molecule has 13 heavy (non-hydrogen) atoms. The molecule has 1 rings (SSSR count). The van der Waals surface area contributed by atoms with E-state index in [1.54, 1.807) is 0 Å². The average molecular weight is 182 g/mol. The van der Waals surface area contributed by atoms with E-state index in [4.69, 9.17) is 11.3 Å². The van der Waals surface area contributed by atoms with Crippen LogP contribution in [0.1, 0.15) is 32.1 Å². The second-order valence-electron chi connectivity index (χ2n) is 3.53. The lowest BCUT2D eigenvalue weighted by Gasteiger charge is -2.31. The Balaban J connectivity index is 2.56. The lowest BCUT2D eigenvalue weighted by atomic mass is 9.79. The van der Waals surface area contributed by atoms with Gasteiger partial charge in [0.2, 0.25) is 0 Å². The zero-order valence-corrected chi connectivity index (χ0v) is 7.57. The standard InChI is InChI=1S/C8H14N4O/c9-8(4-2-1-3-5-8)7(13)6-11-12-10/h1-6,9H2. The quantitative estimate of drug-likeness (QED) is 0.407. The van der Waals surface area contributed by atoms with Crippen LogP contribution in [0.5, 0.6) is 0 Å². The Hall–Kier alpha value is -1.06. The van der Waals surface area contributed by atoms with Gasteiger partial charge in [-0.15, -0.1) is 0 Å². The molecule has 0 aromatic carbocycles. The smallest absolute Gasteiger partial charge is 0.158 e. The molecule has 1 aliphatic carbocycles. The molecule has 0 amide bonds. The number of carbonyl (C=O) groups excluding carboxylic acids is 1. The molecule has 1 saturated carbocycles. The highest BCUT2D eigenvalue weighted by atomic mass is 16.1. The first-order chi connectivity index (χ1) is 6.19. The summed E-state index contributed by atoms with van der Waals surface area (Å²) in [7, 11) is 0. The summed E-state index contributed by atoms with van der Waals surface area (Å²) < 4.78 is 0. The van der Waals surface area contributed by atoms with Crippen LogP contribution in [0.3, 0.4) is 0 Å². The van der Waals surface area contributed by atoms with E-state index < -0.39 is 5.54 Å². The van der Waals surface area contributed by atoms with Crippen LogP contribution in [0.25, 0.3) is 10.4 Å². The molecular weight excluding hydrogens is 168 g/mol. The third-order valence-electron chi connectivity index (χ3n) is 2.58. The number of hydrogen-bond acceptors (Lipinski definition) is 3. The van der Waals surface area contributed by atoms with Crippen LogP contribution in [-0.2, 0) is 4.79 Å². The molecule has 0 aromatic heterocycles. The van der Waals surface area contributed by atoms with Crippen molar-refractivity contribution in [1.82, 2.24) is 0 Å². The number of Topliss-reactive ketones (excluding diaryl/α,β-unsaturated/α-hetero) is 1. The van der Waals surface area contributed by atoms with E-state index in [1.165, 1.54) is 0 Å². The molecule has 2 N–H and O–H groups in total. The summed E-state index contributed by atoms with van der Waals surface area (Å²) in [5, 5.41) is 3.24. The minimum Gasteiger partial charge on any atom is -0.319 e. The normalized spacial score (nSPS) is 20.4. The van der Waals surface area contributed by atoms with Gasteiger partial charge in [-0.2, -0.15) is 0 Å². The Kier molecular flexibility index (Phi) is 3.28. The topological polar surface area (TPSA) is 91.9 Å². The molecule has 0 bridgehead atoms. The number of azide groups is 1. The zero-order chi connectivity index (χ0) is 9.73. The first kappa shape index (κ1) is 10.0. The van der Waals surface area contributed by atoms with Gasteiger partial charge in [-0.3, -0.25) is 4.79 Å². The van der Waals surface area contributed by atoms with Gasteiger partial charge in [0.15, 0.2) is 5.78 Å². The number of carbonyl (C=O) groups is 1. The highest BCUT2D eigenvalue weighted by Gasteiger charge is 2.33. The third kappa shape index (κ3) is 2.44. The maximum absolute atomic E-state index is 11.5. The second kappa shape index (κ2) is 4.25. The Morgan fingerprint density at radius 2 is 2.08 bits per heavy atom. The number of nitrogens with zero attached hydrogens (tertiary/aromatic N) is 3. The van der Waals surface area contributed by atoms with Gasteiger partial charge < -0.3 is 5.73 Å². The van der Waals surface area contributed by atoms with Gasteiger partial charge in [-0.25, -0.2) is 0 Å². The highest BCUT2D eigenvalue weighted by molar-refractivity contribution is 5.90. The minimum atomic E-state index is -0.716. The maximum Gasteiger partial charge on any atom is 0.158 e. The first-order valence-electron chi connectivity index (χ1n) is 4.52. The molecule has 1 aliphatic rings. The van der Waals surface area contributed by atoms with Crippen LogP contribution in [0.4, 0.5) is 0 Å². The minimum absolute atomic E-state index is 0.104. The Labute approximate surface area is 76.9 Å². The van der Waals surface area contributed by atoms with E-state index in [2.05, 4.69) is 10.0 Å². The summed E-state index contributed by atoms with van der Waals surface area (Å²) in [6.45, 7) is -0.104. The molecule has 1 fully saturated rings. The summed E-state index contributed by atoms with van der Waals surface area (Å²) >= 11 is 0. The maximum atomic E-state index is 11.5. The van der Waals surface area contributed by atoms with Crippen LogP contribution in [-0.4, -0.2) is 17.9 Å². The molecule has 0 unspecified atom stereocenters. The van der Waals surface area contributed by atoms with E-state index in [0.29, 0.717) is 0 Å². The number of hydrogen-bond donors (Lipinski definition) is 1. The fraction of sp³-hybridized carbons (Fsp3) is 0.875. The van der Waals surface area contributed by atoms with E-state index in [1.807, 2.05) is 0 Å². The molecule has 0 aliphatic heterocycles. The lowest BCUT2D eigenvalue weighted by Crippen LogP contribution is -2.50. The predicted octanol–water partition coefficient (Wildman–Crippen LogP) is 1.53. The fourth-order valence-electron chi connectivity index (χ4n) is 1.71. The highest BCUT2D eigenvalue weighted by Crippen LogP contribution is 2.26. The summed E-state index contributed by atoms with van der Waals surface area (Å²) in [5.41, 5.74) is 13.3. The van der Waals surface area contributed by atoms with Crippen LogP contribution in [0, 0.1) is 0 Å². The molecule has 0 heterocycles. The SMILES string of the molecule is [N-]=[N+]=NCC(=O)C1(N)CCCCC1. The van der Waals surface area contributed by atoms with Crippen LogP contribution in [0.2, 0.25) is 0 Å². The van der Waals surface area contributed by atoms with Crippen molar-refractivity contribution in [3.63, 3.8) is 0 Å². The second-order valence-corrected chi connectivity index (χ2v) is 3.53. The van der Waals surface area contributed by atoms with E-state index in [9.17, 15) is 4.79 Å². The van der Waals surface area contributed by atoms with Gasteiger partial charge in [0.1, 0.15) is 0 Å². The molecule has 0 radical (unpaired) electrons. The predicted molar refractivity (Wildman–Crippen MR) is 49.0 cm³/mol. The monoisotopic (exact) mass is 182 g/mol. The zero-order valence-electron chi connectivity index (χ0n) is 7.57. The largest absolute Gasteiger partial charge is 0.319 e. The first-order valence-corrected chi connectivity index (χ1v) is 4.52. The van der Waals surface area contributed by atoms with Crippen molar-refractivity contribution in [2.24, 2.45) is 10.8 Å². The molecule has 0 saturated heterocycles. The van der Waals surface area contributed by atoms with Crippen molar-refractivity contribution in [2.45, 2.75) is 37.6 Å². The molecule has 5 heteroatoms. The molecule has 0 spiro atoms. The van der Waals surface area contributed by atoms with Crippen molar-refractivity contribution in [3.05, 3.63) is 10.4 Å². The van der Waals surface area contributed by atoms with Crippen LogP contribution in [0.15, 0.2) is 5.11 Å². The number of nitrogens with two attached hydrogens (primary N) is 1. The van der Waals surface area contributed by atoms with Crippen molar-refractivity contribution in [1.29, 1.82) is 0 Å². The van der Waals surface area contributed by atoms with Crippen LogP contribution >= 0.6 is 0 Å². The van der Waals surface area contributed by atoms with E-state index in [-0.39, 0.29) is 12.3 Å². The molecular formula is C8H14N4O. The summed E-state index contributed by atoms with van der Waals surface area (Å²) in [6.07, 6.45) is 4.60. The van der Waals surface area contributed by atoms with Crippen molar-refractivity contribution in [3.8, 4) is 0 Å². The summed E-state index contributed by atoms with van der Waals surface area (Å²) in [4.78, 5) is 14.0. The number of ketones is 1. The van der Waals surface area contributed by atoms with Gasteiger partial charge in [-0.1, -0.05) is 24.4 Å². The summed E-state index contributed by atoms with van der Waals surface area (Å²) in [5.74, 6) is -0.120. The van der Waals surface area contributed by atoms with Crippen molar-refractivity contribution < 1.29 is 4.79 Å². The Morgan fingerprint density at radius 3 is 2.62 bits per heavy atom. The van der Waals surface area contributed by atoms with Gasteiger partial charge in [0.25, 0.3) is 0 Å². The van der Waals surface area contributed by atoms with E-state index >= 15 is 0 Å². The number of rotatable bonds is 3. The van der Waals surface area contributed by atoms with Crippen molar-refractivity contribution >= 4 is 5.78 Å².